The first-order valence-electron chi connectivity index (χ1n) is 6.69. The van der Waals surface area contributed by atoms with Gasteiger partial charge in [0.25, 0.3) is 0 Å². The lowest BCUT2D eigenvalue weighted by Gasteiger charge is -2.13. The van der Waals surface area contributed by atoms with Gasteiger partial charge in [0.15, 0.2) is 0 Å². The molecule has 0 saturated carbocycles. The summed E-state index contributed by atoms with van der Waals surface area (Å²) in [6, 6.07) is 8.60. The predicted molar refractivity (Wildman–Crippen MR) is 78.0 cm³/mol. The van der Waals surface area contributed by atoms with Crippen molar-refractivity contribution in [1.82, 2.24) is 0 Å². The molecule has 1 aromatic rings. The van der Waals surface area contributed by atoms with E-state index in [2.05, 4.69) is 11.3 Å². The number of rotatable bonds is 8. The molecule has 1 atom stereocenters. The van der Waals surface area contributed by atoms with E-state index in [4.69, 9.17) is 9.47 Å². The van der Waals surface area contributed by atoms with Gasteiger partial charge >= 0.3 is 17.9 Å². The van der Waals surface area contributed by atoms with E-state index in [9.17, 15) is 14.4 Å². The summed E-state index contributed by atoms with van der Waals surface area (Å²) in [7, 11) is 1.23. The maximum Gasteiger partial charge on any atom is 0.330 e. The molecule has 118 valence electrons. The van der Waals surface area contributed by atoms with Crippen LogP contribution < -0.4 is 4.74 Å². The number of carbonyl (C=O) groups excluding carboxylic acids is 3. The van der Waals surface area contributed by atoms with E-state index >= 15 is 0 Å². The Morgan fingerprint density at radius 1 is 1.23 bits per heavy atom. The molecular weight excluding hydrogens is 288 g/mol. The van der Waals surface area contributed by atoms with Crippen molar-refractivity contribution in [1.29, 1.82) is 0 Å². The average Bonchev–Trinajstić information content (AvgIpc) is 2.54. The Balaban J connectivity index is 2.48. The summed E-state index contributed by atoms with van der Waals surface area (Å²) in [6.45, 7) is 3.09. The first kappa shape index (κ1) is 17.4. The molecule has 0 aliphatic carbocycles. The van der Waals surface area contributed by atoms with Crippen LogP contribution in [-0.4, -0.2) is 31.6 Å². The van der Waals surface area contributed by atoms with E-state index in [0.29, 0.717) is 5.75 Å². The first-order valence-corrected chi connectivity index (χ1v) is 6.69. The lowest BCUT2D eigenvalue weighted by atomic mass is 10.0. The summed E-state index contributed by atoms with van der Waals surface area (Å²) in [4.78, 5) is 34.3. The van der Waals surface area contributed by atoms with Gasteiger partial charge in [-0.1, -0.05) is 24.8 Å². The standard InChI is InChI=1S/C16H18O6/c1-3-14(17)21-11-12(16(19)20-2)9-10-15(18)22-13-7-5-4-6-8-13/h3-8,12H,1,9-11H2,2H3. The Labute approximate surface area is 128 Å². The topological polar surface area (TPSA) is 78.9 Å². The van der Waals surface area contributed by atoms with Crippen LogP contribution in [0.15, 0.2) is 43.0 Å². The third kappa shape index (κ3) is 6.21. The lowest BCUT2D eigenvalue weighted by Crippen LogP contribution is -2.24. The number of methoxy groups -OCH3 is 1. The summed E-state index contributed by atoms with van der Waals surface area (Å²) in [5.74, 6) is -1.96. The zero-order valence-corrected chi connectivity index (χ0v) is 12.3. The molecule has 0 aliphatic heterocycles. The molecule has 1 rings (SSSR count). The van der Waals surface area contributed by atoms with Crippen LogP contribution in [0.4, 0.5) is 0 Å². The minimum atomic E-state index is -0.725. The highest BCUT2D eigenvalue weighted by Crippen LogP contribution is 2.13. The number of ether oxygens (including phenoxy) is 3. The number of hydrogen-bond acceptors (Lipinski definition) is 6. The van der Waals surface area contributed by atoms with Gasteiger partial charge in [0.1, 0.15) is 12.4 Å². The van der Waals surface area contributed by atoms with Crippen LogP contribution >= 0.6 is 0 Å². The summed E-state index contributed by atoms with van der Waals surface area (Å²) in [6.07, 6.45) is 1.15. The highest BCUT2D eigenvalue weighted by atomic mass is 16.5. The summed E-state index contributed by atoms with van der Waals surface area (Å²) in [5, 5.41) is 0. The molecule has 22 heavy (non-hydrogen) atoms. The van der Waals surface area contributed by atoms with Crippen LogP contribution in [0.25, 0.3) is 0 Å². The van der Waals surface area contributed by atoms with Crippen molar-refractivity contribution >= 4 is 17.9 Å². The quantitative estimate of drug-likeness (QED) is 0.414. The minimum Gasteiger partial charge on any atom is -0.469 e. The van der Waals surface area contributed by atoms with Crippen LogP contribution in [0.5, 0.6) is 5.75 Å². The summed E-state index contributed by atoms with van der Waals surface area (Å²) < 4.78 is 14.5. The summed E-state index contributed by atoms with van der Waals surface area (Å²) in [5.41, 5.74) is 0. The third-order valence-electron chi connectivity index (χ3n) is 2.80. The highest BCUT2D eigenvalue weighted by Gasteiger charge is 2.22. The largest absolute Gasteiger partial charge is 0.469 e. The molecule has 0 heterocycles. The second-order valence-electron chi connectivity index (χ2n) is 4.38. The van der Waals surface area contributed by atoms with Crippen LogP contribution in [-0.2, 0) is 23.9 Å². The highest BCUT2D eigenvalue weighted by molar-refractivity contribution is 5.81. The number of benzene rings is 1. The fourth-order valence-corrected chi connectivity index (χ4v) is 1.64. The first-order chi connectivity index (χ1) is 10.6. The molecular formula is C16H18O6. The van der Waals surface area contributed by atoms with Crippen LogP contribution in [0.1, 0.15) is 12.8 Å². The van der Waals surface area contributed by atoms with Gasteiger partial charge in [-0.25, -0.2) is 4.79 Å². The maximum absolute atomic E-state index is 11.7. The molecule has 0 fully saturated rings. The van der Waals surface area contributed by atoms with Crippen molar-refractivity contribution in [3.8, 4) is 5.75 Å². The lowest BCUT2D eigenvalue weighted by molar-refractivity contribution is -0.151. The van der Waals surface area contributed by atoms with E-state index in [0.717, 1.165) is 6.08 Å². The van der Waals surface area contributed by atoms with Crippen LogP contribution in [0.3, 0.4) is 0 Å². The van der Waals surface area contributed by atoms with E-state index in [1.54, 1.807) is 30.3 Å². The van der Waals surface area contributed by atoms with Crippen molar-refractivity contribution < 1.29 is 28.6 Å². The molecule has 0 amide bonds. The van der Waals surface area contributed by atoms with E-state index < -0.39 is 23.8 Å². The molecule has 6 heteroatoms. The van der Waals surface area contributed by atoms with Gasteiger partial charge in [0.2, 0.25) is 0 Å². The number of hydrogen-bond donors (Lipinski definition) is 0. The Morgan fingerprint density at radius 2 is 1.91 bits per heavy atom. The Bertz CT molecular complexity index is 523. The van der Waals surface area contributed by atoms with Gasteiger partial charge < -0.3 is 14.2 Å². The second kappa shape index (κ2) is 9.33. The third-order valence-corrected chi connectivity index (χ3v) is 2.80. The molecule has 0 aromatic heterocycles. The van der Waals surface area contributed by atoms with Gasteiger partial charge in [-0.15, -0.1) is 0 Å². The molecule has 0 saturated heterocycles. The normalized spacial score (nSPS) is 11.1. The number of para-hydroxylation sites is 1. The fourth-order valence-electron chi connectivity index (χ4n) is 1.64. The SMILES string of the molecule is C=CC(=O)OCC(CCC(=O)Oc1ccccc1)C(=O)OC. The molecule has 1 aromatic carbocycles. The molecule has 6 nitrogen and oxygen atoms in total. The van der Waals surface area contributed by atoms with E-state index in [1.165, 1.54) is 7.11 Å². The van der Waals surface area contributed by atoms with Crippen LogP contribution in [0.2, 0.25) is 0 Å². The average molecular weight is 306 g/mol. The van der Waals surface area contributed by atoms with Crippen molar-refractivity contribution in [3.05, 3.63) is 43.0 Å². The molecule has 0 radical (unpaired) electrons. The summed E-state index contributed by atoms with van der Waals surface area (Å²) >= 11 is 0. The predicted octanol–water partition coefficient (Wildman–Crippen LogP) is 1.89. The maximum atomic E-state index is 11.7. The number of carbonyl (C=O) groups is 3. The van der Waals surface area contributed by atoms with Crippen molar-refractivity contribution in [2.24, 2.45) is 5.92 Å². The van der Waals surface area contributed by atoms with Crippen molar-refractivity contribution in [2.45, 2.75) is 12.8 Å². The molecule has 1 unspecified atom stereocenters. The zero-order valence-electron chi connectivity index (χ0n) is 12.3. The zero-order chi connectivity index (χ0) is 16.4. The smallest absolute Gasteiger partial charge is 0.330 e. The van der Waals surface area contributed by atoms with E-state index in [1.807, 2.05) is 0 Å². The second-order valence-corrected chi connectivity index (χ2v) is 4.38. The Morgan fingerprint density at radius 3 is 2.50 bits per heavy atom. The molecule has 0 spiro atoms. The van der Waals surface area contributed by atoms with Gasteiger partial charge in [-0.05, 0) is 18.6 Å². The monoisotopic (exact) mass is 306 g/mol. The van der Waals surface area contributed by atoms with E-state index in [-0.39, 0.29) is 19.4 Å². The van der Waals surface area contributed by atoms with Crippen molar-refractivity contribution in [3.63, 3.8) is 0 Å². The van der Waals surface area contributed by atoms with Gasteiger partial charge in [-0.2, -0.15) is 0 Å². The van der Waals surface area contributed by atoms with Crippen molar-refractivity contribution in [2.75, 3.05) is 13.7 Å². The van der Waals surface area contributed by atoms with Gasteiger partial charge in [-0.3, -0.25) is 9.59 Å². The van der Waals surface area contributed by atoms with Gasteiger partial charge in [0, 0.05) is 12.5 Å². The Kier molecular flexibility index (Phi) is 7.39. The molecule has 0 N–H and O–H groups in total. The molecule has 0 aliphatic rings. The van der Waals surface area contributed by atoms with Crippen LogP contribution in [0, 0.1) is 5.92 Å². The fraction of sp³-hybridized carbons (Fsp3) is 0.312. The van der Waals surface area contributed by atoms with Gasteiger partial charge in [0.05, 0.1) is 13.0 Å². The number of esters is 3. The molecule has 0 bridgehead atoms. The minimum absolute atomic E-state index is 0.000298. The Hall–Kier alpha value is -2.63.